The van der Waals surface area contributed by atoms with Crippen molar-refractivity contribution in [3.05, 3.63) is 29.8 Å². The van der Waals surface area contributed by atoms with Gasteiger partial charge in [0.05, 0.1) is 0 Å². The first-order valence-corrected chi connectivity index (χ1v) is 11.4. The molecule has 0 aromatic heterocycles. The fourth-order valence-electron chi connectivity index (χ4n) is 3.79. The van der Waals surface area contributed by atoms with E-state index in [0.717, 1.165) is 5.56 Å². The van der Waals surface area contributed by atoms with Gasteiger partial charge in [-0.15, -0.1) is 0 Å². The van der Waals surface area contributed by atoms with E-state index >= 15 is 0 Å². The number of carbonyl (C=O) groups is 5. The highest BCUT2D eigenvalue weighted by atomic mass is 16.5. The predicted molar refractivity (Wildman–Crippen MR) is 125 cm³/mol. The second kappa shape index (κ2) is 12.2. The van der Waals surface area contributed by atoms with Crippen LogP contribution in [-0.4, -0.2) is 59.2 Å². The van der Waals surface area contributed by atoms with E-state index in [0.29, 0.717) is 25.1 Å². The number of rotatable bonds is 9. The highest BCUT2D eigenvalue weighted by Crippen LogP contribution is 2.20. The van der Waals surface area contributed by atoms with E-state index in [1.54, 1.807) is 31.2 Å². The van der Waals surface area contributed by atoms with Crippen LogP contribution in [0.15, 0.2) is 24.3 Å². The van der Waals surface area contributed by atoms with Crippen molar-refractivity contribution in [2.75, 3.05) is 11.9 Å². The first-order valence-electron chi connectivity index (χ1n) is 11.4. The van der Waals surface area contributed by atoms with Crippen molar-refractivity contribution in [1.82, 2.24) is 15.5 Å². The molecule has 0 spiro atoms. The molecule has 1 heterocycles. The Kier molecular flexibility index (Phi) is 9.58. The van der Waals surface area contributed by atoms with Gasteiger partial charge in [-0.2, -0.15) is 0 Å². The third-order valence-electron chi connectivity index (χ3n) is 5.54. The Hall–Kier alpha value is -3.43. The molecule has 0 saturated carbocycles. The molecular weight excluding hydrogens is 440 g/mol. The molecule has 10 nitrogen and oxygen atoms in total. The smallest absolute Gasteiger partial charge is 0.302 e. The van der Waals surface area contributed by atoms with Gasteiger partial charge in [0, 0.05) is 26.1 Å². The molecule has 0 radical (unpaired) electrons. The van der Waals surface area contributed by atoms with Crippen LogP contribution in [0.4, 0.5) is 5.69 Å². The average Bonchev–Trinajstić information content (AvgIpc) is 3.25. The minimum Gasteiger partial charge on any atom is -0.461 e. The Morgan fingerprint density at radius 1 is 1.03 bits per heavy atom. The molecule has 3 atom stereocenters. The molecule has 2 rings (SSSR count). The van der Waals surface area contributed by atoms with Gasteiger partial charge in [0.1, 0.15) is 24.7 Å². The van der Waals surface area contributed by atoms with Crippen LogP contribution in [0.3, 0.4) is 0 Å². The number of amides is 4. The Morgan fingerprint density at radius 3 is 2.24 bits per heavy atom. The van der Waals surface area contributed by atoms with Gasteiger partial charge in [0.25, 0.3) is 0 Å². The van der Waals surface area contributed by atoms with E-state index in [9.17, 15) is 24.0 Å². The molecule has 0 aliphatic carbocycles. The zero-order chi connectivity index (χ0) is 25.4. The zero-order valence-corrected chi connectivity index (χ0v) is 20.3. The van der Waals surface area contributed by atoms with Crippen molar-refractivity contribution in [3.8, 4) is 0 Å². The fourth-order valence-corrected chi connectivity index (χ4v) is 3.79. The van der Waals surface area contributed by atoms with Crippen molar-refractivity contribution in [1.29, 1.82) is 0 Å². The number of nitrogens with zero attached hydrogens (tertiary/aromatic N) is 1. The van der Waals surface area contributed by atoms with Gasteiger partial charge in [0.15, 0.2) is 0 Å². The van der Waals surface area contributed by atoms with Crippen molar-refractivity contribution < 1.29 is 28.7 Å². The largest absolute Gasteiger partial charge is 0.461 e. The zero-order valence-electron chi connectivity index (χ0n) is 20.3. The lowest BCUT2D eigenvalue weighted by Gasteiger charge is -2.29. The lowest BCUT2D eigenvalue weighted by molar-refractivity contribution is -0.142. The summed E-state index contributed by atoms with van der Waals surface area (Å²) in [5.74, 6) is -2.00. The number of hydrogen-bond acceptors (Lipinski definition) is 6. The summed E-state index contributed by atoms with van der Waals surface area (Å²) in [5.41, 5.74) is 1.32. The quantitative estimate of drug-likeness (QED) is 0.463. The first-order chi connectivity index (χ1) is 16.0. The van der Waals surface area contributed by atoms with Crippen LogP contribution in [0.25, 0.3) is 0 Å². The van der Waals surface area contributed by atoms with E-state index < -0.39 is 24.0 Å². The van der Waals surface area contributed by atoms with Gasteiger partial charge >= 0.3 is 5.97 Å². The van der Waals surface area contributed by atoms with Crippen LogP contribution >= 0.6 is 0 Å². The van der Waals surface area contributed by atoms with Crippen LogP contribution in [0.2, 0.25) is 0 Å². The highest BCUT2D eigenvalue weighted by Gasteiger charge is 2.38. The molecule has 1 aliphatic heterocycles. The summed E-state index contributed by atoms with van der Waals surface area (Å²) in [6, 6.07) is 4.61. The number of esters is 1. The minimum atomic E-state index is -0.807. The van der Waals surface area contributed by atoms with Gasteiger partial charge in [-0.3, -0.25) is 24.0 Å². The lowest BCUT2D eigenvalue weighted by Crippen LogP contribution is -2.56. The van der Waals surface area contributed by atoms with Crippen molar-refractivity contribution in [2.45, 2.75) is 72.2 Å². The molecule has 0 unspecified atom stereocenters. The van der Waals surface area contributed by atoms with E-state index in [2.05, 4.69) is 16.0 Å². The molecule has 34 heavy (non-hydrogen) atoms. The second-order valence-corrected chi connectivity index (χ2v) is 8.81. The monoisotopic (exact) mass is 474 g/mol. The fraction of sp³-hybridized carbons (Fsp3) is 0.542. The SMILES string of the molecule is CC(=O)N[C@H](C)C(=O)N1CCC[C@H]1C(=O)N[C@H](C(=O)Nc1ccc(COC(C)=O)cc1)C(C)C. The molecule has 186 valence electrons. The van der Waals surface area contributed by atoms with E-state index in [4.69, 9.17) is 4.74 Å². The highest BCUT2D eigenvalue weighted by molar-refractivity contribution is 5.99. The number of nitrogens with one attached hydrogen (secondary N) is 3. The average molecular weight is 475 g/mol. The first kappa shape index (κ1) is 26.8. The third kappa shape index (κ3) is 7.57. The predicted octanol–water partition coefficient (Wildman–Crippen LogP) is 1.34. The minimum absolute atomic E-state index is 0.144. The molecule has 3 N–H and O–H groups in total. The third-order valence-corrected chi connectivity index (χ3v) is 5.54. The number of ether oxygens (including phenoxy) is 1. The molecule has 1 saturated heterocycles. The molecule has 1 aromatic carbocycles. The maximum atomic E-state index is 13.0. The molecular formula is C24H34N4O6. The number of hydrogen-bond donors (Lipinski definition) is 3. The second-order valence-electron chi connectivity index (χ2n) is 8.81. The number of likely N-dealkylation sites (tertiary alicyclic amines) is 1. The standard InChI is InChI=1S/C24H34N4O6/c1-14(2)21(23(32)26-19-10-8-18(9-11-19)13-34-17(5)30)27-22(31)20-7-6-12-28(20)24(33)15(3)25-16(4)29/h8-11,14-15,20-21H,6-7,12-13H2,1-5H3,(H,25,29)(H,26,32)(H,27,31)/t15-,20+,21+/m1/s1. The van der Waals surface area contributed by atoms with E-state index in [-0.39, 0.29) is 36.2 Å². The summed E-state index contributed by atoms with van der Waals surface area (Å²) >= 11 is 0. The topological polar surface area (TPSA) is 134 Å². The van der Waals surface area contributed by atoms with Crippen molar-refractivity contribution >= 4 is 35.3 Å². The molecule has 1 aromatic rings. The maximum Gasteiger partial charge on any atom is 0.302 e. The summed E-state index contributed by atoms with van der Waals surface area (Å²) in [5, 5.41) is 8.14. The van der Waals surface area contributed by atoms with Gasteiger partial charge in [0.2, 0.25) is 23.6 Å². The summed E-state index contributed by atoms with van der Waals surface area (Å²) in [4.78, 5) is 62.4. The maximum absolute atomic E-state index is 13.0. The summed E-state index contributed by atoms with van der Waals surface area (Å²) in [7, 11) is 0. The van der Waals surface area contributed by atoms with Gasteiger partial charge in [-0.25, -0.2) is 0 Å². The summed E-state index contributed by atoms with van der Waals surface area (Å²) < 4.78 is 4.95. The van der Waals surface area contributed by atoms with Crippen molar-refractivity contribution in [3.63, 3.8) is 0 Å². The van der Waals surface area contributed by atoms with Crippen LogP contribution in [-0.2, 0) is 35.3 Å². The normalized spacial score (nSPS) is 17.0. The number of anilines is 1. The molecule has 4 amide bonds. The Labute approximate surface area is 199 Å². The van der Waals surface area contributed by atoms with Crippen LogP contribution in [0.5, 0.6) is 0 Å². The lowest BCUT2D eigenvalue weighted by atomic mass is 10.0. The van der Waals surface area contributed by atoms with Gasteiger partial charge in [-0.1, -0.05) is 26.0 Å². The Balaban J connectivity index is 2.02. The molecule has 1 aliphatic rings. The molecule has 0 bridgehead atoms. The van der Waals surface area contributed by atoms with Gasteiger partial charge < -0.3 is 25.6 Å². The number of benzene rings is 1. The van der Waals surface area contributed by atoms with Crippen molar-refractivity contribution in [2.24, 2.45) is 5.92 Å². The van der Waals surface area contributed by atoms with E-state index in [1.165, 1.54) is 18.7 Å². The van der Waals surface area contributed by atoms with Crippen LogP contribution in [0.1, 0.15) is 53.0 Å². The summed E-state index contributed by atoms with van der Waals surface area (Å²) in [6.45, 7) is 8.45. The molecule has 10 heteroatoms. The molecule has 1 fully saturated rings. The van der Waals surface area contributed by atoms with Crippen LogP contribution in [0, 0.1) is 5.92 Å². The van der Waals surface area contributed by atoms with Crippen LogP contribution < -0.4 is 16.0 Å². The van der Waals surface area contributed by atoms with E-state index in [1.807, 2.05) is 13.8 Å². The number of carbonyl (C=O) groups excluding carboxylic acids is 5. The summed E-state index contributed by atoms with van der Waals surface area (Å²) in [6.07, 6.45) is 1.15. The Bertz CT molecular complexity index is 915. The Morgan fingerprint density at radius 2 is 1.68 bits per heavy atom. The van der Waals surface area contributed by atoms with Gasteiger partial charge in [-0.05, 0) is 43.4 Å².